The zero-order chi connectivity index (χ0) is 18.0. The summed E-state index contributed by atoms with van der Waals surface area (Å²) in [6.45, 7) is 5.78. The maximum absolute atomic E-state index is 12.7. The Labute approximate surface area is 147 Å². The van der Waals surface area contributed by atoms with Crippen molar-refractivity contribution in [3.63, 3.8) is 0 Å². The Morgan fingerprint density at radius 2 is 1.92 bits per heavy atom. The van der Waals surface area contributed by atoms with Crippen LogP contribution in [0.15, 0.2) is 42.5 Å². The molecule has 25 heavy (non-hydrogen) atoms. The lowest BCUT2D eigenvalue weighted by Gasteiger charge is -2.18. The van der Waals surface area contributed by atoms with Crippen molar-refractivity contribution in [2.24, 2.45) is 0 Å². The number of hydrogen-bond donors (Lipinski definition) is 2. The van der Waals surface area contributed by atoms with E-state index in [4.69, 9.17) is 4.74 Å². The van der Waals surface area contributed by atoms with Gasteiger partial charge in [-0.2, -0.15) is 0 Å². The molecular weight excluding hydrogens is 316 g/mol. The molecule has 0 aromatic heterocycles. The molecule has 2 N–H and O–H groups in total. The number of carbonyl (C=O) groups excluding carboxylic acids is 2. The van der Waals surface area contributed by atoms with Crippen molar-refractivity contribution in [3.05, 3.63) is 59.2 Å². The highest BCUT2D eigenvalue weighted by atomic mass is 16.5. The molecule has 2 amide bonds. The second-order valence-electron chi connectivity index (χ2n) is 6.50. The smallest absolute Gasteiger partial charge is 0.255 e. The van der Waals surface area contributed by atoms with E-state index in [1.807, 2.05) is 51.1 Å². The molecule has 1 aliphatic heterocycles. The first-order valence-electron chi connectivity index (χ1n) is 8.43. The number of benzene rings is 2. The largest absolute Gasteiger partial charge is 0.490 e. The number of carbonyl (C=O) groups is 2. The molecule has 5 nitrogen and oxygen atoms in total. The molecule has 0 bridgehead atoms. The van der Waals surface area contributed by atoms with Gasteiger partial charge in [-0.15, -0.1) is 0 Å². The van der Waals surface area contributed by atoms with Gasteiger partial charge in [0.2, 0.25) is 5.91 Å². The summed E-state index contributed by atoms with van der Waals surface area (Å²) in [6, 6.07) is 12.8. The average Bonchev–Trinajstić information content (AvgIpc) is 2.93. The van der Waals surface area contributed by atoms with Crippen LogP contribution in [0.3, 0.4) is 0 Å². The number of ether oxygens (including phenoxy) is 1. The van der Waals surface area contributed by atoms with E-state index in [2.05, 4.69) is 10.6 Å². The van der Waals surface area contributed by atoms with Crippen LogP contribution >= 0.6 is 0 Å². The van der Waals surface area contributed by atoms with Gasteiger partial charge in [0.15, 0.2) is 0 Å². The second kappa shape index (κ2) is 6.97. The van der Waals surface area contributed by atoms with E-state index in [-0.39, 0.29) is 24.0 Å². The van der Waals surface area contributed by atoms with Crippen LogP contribution in [0.5, 0.6) is 5.75 Å². The topological polar surface area (TPSA) is 67.4 Å². The summed E-state index contributed by atoms with van der Waals surface area (Å²) in [4.78, 5) is 24.1. The van der Waals surface area contributed by atoms with Crippen molar-refractivity contribution in [1.29, 1.82) is 0 Å². The highest BCUT2D eigenvalue weighted by Gasteiger charge is 2.20. The van der Waals surface area contributed by atoms with Crippen molar-refractivity contribution < 1.29 is 14.3 Å². The molecule has 130 valence electrons. The van der Waals surface area contributed by atoms with E-state index in [1.165, 1.54) is 0 Å². The number of rotatable bonds is 5. The van der Waals surface area contributed by atoms with E-state index in [9.17, 15) is 9.59 Å². The van der Waals surface area contributed by atoms with Gasteiger partial charge in [0.25, 0.3) is 5.91 Å². The average molecular weight is 338 g/mol. The maximum Gasteiger partial charge on any atom is 0.255 e. The van der Waals surface area contributed by atoms with Gasteiger partial charge in [0, 0.05) is 5.69 Å². The fourth-order valence-electron chi connectivity index (χ4n) is 2.89. The Bertz CT molecular complexity index is 814. The molecule has 1 atom stereocenters. The zero-order valence-electron chi connectivity index (χ0n) is 14.6. The lowest BCUT2D eigenvalue weighted by molar-refractivity contribution is -0.115. The van der Waals surface area contributed by atoms with Crippen LogP contribution in [0, 0.1) is 0 Å². The van der Waals surface area contributed by atoms with Crippen molar-refractivity contribution >= 4 is 17.5 Å². The van der Waals surface area contributed by atoms with Crippen LogP contribution in [-0.4, -0.2) is 17.9 Å². The summed E-state index contributed by atoms with van der Waals surface area (Å²) in [5.74, 6) is 0.396. The molecule has 0 saturated carbocycles. The van der Waals surface area contributed by atoms with Crippen molar-refractivity contribution in [2.75, 3.05) is 5.32 Å². The number of nitrogens with one attached hydrogen (secondary N) is 2. The number of para-hydroxylation sites is 1. The number of fused-ring (bicyclic) bond motifs is 1. The lowest BCUT2D eigenvalue weighted by Crippen LogP contribution is -2.27. The van der Waals surface area contributed by atoms with Crippen molar-refractivity contribution in [2.45, 2.75) is 39.3 Å². The van der Waals surface area contributed by atoms with Gasteiger partial charge in [-0.25, -0.2) is 0 Å². The molecule has 5 heteroatoms. The van der Waals surface area contributed by atoms with Gasteiger partial charge in [-0.05, 0) is 50.1 Å². The fourth-order valence-corrected chi connectivity index (χ4v) is 2.89. The van der Waals surface area contributed by atoms with Crippen molar-refractivity contribution in [1.82, 2.24) is 5.32 Å². The molecule has 1 heterocycles. The third kappa shape index (κ3) is 3.82. The van der Waals surface area contributed by atoms with Gasteiger partial charge < -0.3 is 15.4 Å². The Morgan fingerprint density at radius 1 is 1.16 bits per heavy atom. The van der Waals surface area contributed by atoms with Gasteiger partial charge >= 0.3 is 0 Å². The molecule has 0 aliphatic carbocycles. The Kier molecular flexibility index (Phi) is 4.74. The SMILES string of the molecule is CC(C)Oc1ccccc1C(=O)NC(C)c1ccc2c(c1)CC(=O)N2. The van der Waals surface area contributed by atoms with E-state index < -0.39 is 0 Å². The minimum atomic E-state index is -0.182. The molecule has 0 fully saturated rings. The quantitative estimate of drug-likeness (QED) is 0.877. The van der Waals surface area contributed by atoms with E-state index in [1.54, 1.807) is 12.1 Å². The van der Waals surface area contributed by atoms with E-state index in [0.29, 0.717) is 17.7 Å². The summed E-state index contributed by atoms with van der Waals surface area (Å²) < 4.78 is 5.72. The second-order valence-corrected chi connectivity index (χ2v) is 6.50. The molecular formula is C20H22N2O3. The Hall–Kier alpha value is -2.82. The molecule has 3 rings (SSSR count). The predicted molar refractivity (Wildman–Crippen MR) is 96.9 cm³/mol. The van der Waals surface area contributed by atoms with Crippen molar-refractivity contribution in [3.8, 4) is 5.75 Å². The molecule has 1 unspecified atom stereocenters. The Balaban J connectivity index is 1.75. The molecule has 0 saturated heterocycles. The van der Waals surface area contributed by atoms with E-state index >= 15 is 0 Å². The number of amides is 2. The van der Waals surface area contributed by atoms with Crippen LogP contribution in [0.25, 0.3) is 0 Å². The molecule has 2 aromatic carbocycles. The summed E-state index contributed by atoms with van der Waals surface area (Å²) in [7, 11) is 0. The fraction of sp³-hybridized carbons (Fsp3) is 0.300. The Morgan fingerprint density at radius 3 is 2.68 bits per heavy atom. The third-order valence-corrected chi connectivity index (χ3v) is 4.10. The van der Waals surface area contributed by atoms with Gasteiger partial charge in [-0.3, -0.25) is 9.59 Å². The highest BCUT2D eigenvalue weighted by molar-refractivity contribution is 5.99. The van der Waals surface area contributed by atoms with Crippen LogP contribution in [0.4, 0.5) is 5.69 Å². The standard InChI is InChI=1S/C20H22N2O3/c1-12(2)25-18-7-5-4-6-16(18)20(24)21-13(3)14-8-9-17-15(10-14)11-19(23)22-17/h4-10,12-13H,11H2,1-3H3,(H,21,24)(H,22,23). The molecule has 2 aromatic rings. The summed E-state index contributed by atoms with van der Waals surface area (Å²) >= 11 is 0. The van der Waals surface area contributed by atoms with Crippen LogP contribution in [0.1, 0.15) is 48.3 Å². The molecule has 0 radical (unpaired) electrons. The summed E-state index contributed by atoms with van der Waals surface area (Å²) in [5, 5.41) is 5.82. The minimum absolute atomic E-state index is 0.00333. The lowest BCUT2D eigenvalue weighted by atomic mass is 10.0. The minimum Gasteiger partial charge on any atom is -0.490 e. The highest BCUT2D eigenvalue weighted by Crippen LogP contribution is 2.27. The van der Waals surface area contributed by atoms with Crippen LogP contribution < -0.4 is 15.4 Å². The number of hydrogen-bond acceptors (Lipinski definition) is 3. The monoisotopic (exact) mass is 338 g/mol. The van der Waals surface area contributed by atoms with Gasteiger partial charge in [0.1, 0.15) is 5.75 Å². The van der Waals surface area contributed by atoms with E-state index in [0.717, 1.165) is 16.8 Å². The van der Waals surface area contributed by atoms with Crippen LogP contribution in [0.2, 0.25) is 0 Å². The summed E-state index contributed by atoms with van der Waals surface area (Å²) in [6.07, 6.45) is 0.377. The summed E-state index contributed by atoms with van der Waals surface area (Å²) in [5.41, 5.74) is 3.29. The van der Waals surface area contributed by atoms with Gasteiger partial charge in [0.05, 0.1) is 24.1 Å². The van der Waals surface area contributed by atoms with Gasteiger partial charge in [-0.1, -0.05) is 24.3 Å². The zero-order valence-corrected chi connectivity index (χ0v) is 14.6. The first-order valence-corrected chi connectivity index (χ1v) is 8.43. The maximum atomic E-state index is 12.7. The predicted octanol–water partition coefficient (Wildman–Crippen LogP) is 3.46. The first kappa shape index (κ1) is 17.0. The number of anilines is 1. The molecule has 0 spiro atoms. The molecule has 1 aliphatic rings. The first-order chi connectivity index (χ1) is 11.9. The van der Waals surface area contributed by atoms with Crippen LogP contribution in [-0.2, 0) is 11.2 Å². The third-order valence-electron chi connectivity index (χ3n) is 4.10. The normalized spacial score (nSPS) is 14.0.